The van der Waals surface area contributed by atoms with E-state index in [0.717, 1.165) is 10.6 Å². The maximum Gasteiger partial charge on any atom is 0.122 e. The zero-order chi connectivity index (χ0) is 10.0. The van der Waals surface area contributed by atoms with Gasteiger partial charge in [-0.1, -0.05) is 0 Å². The van der Waals surface area contributed by atoms with Crippen LogP contribution in [0.3, 0.4) is 0 Å². The van der Waals surface area contributed by atoms with Gasteiger partial charge in [0.15, 0.2) is 0 Å². The Bertz CT molecular complexity index is 323. The summed E-state index contributed by atoms with van der Waals surface area (Å²) in [4.78, 5) is 1.15. The van der Waals surface area contributed by atoms with Crippen molar-refractivity contribution >= 4 is 11.9 Å². The second kappa shape index (κ2) is 4.03. The molecule has 2 nitrogen and oxygen atoms in total. The van der Waals surface area contributed by atoms with Crippen LogP contribution in [-0.4, -0.2) is 7.11 Å². The van der Waals surface area contributed by atoms with Gasteiger partial charge in [-0.3, -0.25) is 5.14 Å². The quantitative estimate of drug-likeness (QED) is 0.740. The Morgan fingerprint density at radius 1 is 1.23 bits per heavy atom. The molecule has 3 heteroatoms. The summed E-state index contributed by atoms with van der Waals surface area (Å²) in [5.74, 6) is 0.938. The summed E-state index contributed by atoms with van der Waals surface area (Å²) < 4.78 is 5.26. The minimum atomic E-state index is 0.938. The predicted octanol–water partition coefficient (Wildman–Crippen LogP) is 2.59. The number of hydrogen-bond donors (Lipinski definition) is 1. The molecule has 72 valence electrons. The van der Waals surface area contributed by atoms with Crippen molar-refractivity contribution < 1.29 is 4.74 Å². The Kier molecular flexibility index (Phi) is 3.22. The van der Waals surface area contributed by atoms with Crippen LogP contribution in [0.4, 0.5) is 0 Å². The summed E-state index contributed by atoms with van der Waals surface area (Å²) in [6.45, 7) is 6.16. The van der Waals surface area contributed by atoms with Crippen molar-refractivity contribution in [2.75, 3.05) is 7.11 Å². The third-order valence-corrected chi connectivity index (χ3v) is 3.18. The SMILES string of the molecule is COc1cc(C)c(SN)c(C)c1C. The van der Waals surface area contributed by atoms with Crippen LogP contribution in [0.2, 0.25) is 0 Å². The number of rotatable bonds is 2. The zero-order valence-corrected chi connectivity index (χ0v) is 9.29. The number of ether oxygens (including phenoxy) is 1. The van der Waals surface area contributed by atoms with Crippen LogP contribution in [0, 0.1) is 20.8 Å². The third-order valence-electron chi connectivity index (χ3n) is 2.32. The van der Waals surface area contributed by atoms with E-state index in [1.807, 2.05) is 19.9 Å². The van der Waals surface area contributed by atoms with Crippen molar-refractivity contribution in [2.24, 2.45) is 5.14 Å². The minimum Gasteiger partial charge on any atom is -0.496 e. The van der Waals surface area contributed by atoms with Gasteiger partial charge in [0.25, 0.3) is 0 Å². The fourth-order valence-electron chi connectivity index (χ4n) is 1.41. The Balaban J connectivity index is 3.37. The highest BCUT2D eigenvalue weighted by atomic mass is 32.2. The van der Waals surface area contributed by atoms with Gasteiger partial charge in [0, 0.05) is 4.90 Å². The first-order valence-electron chi connectivity index (χ1n) is 4.13. The first kappa shape index (κ1) is 10.4. The van der Waals surface area contributed by atoms with E-state index in [0.29, 0.717) is 0 Å². The van der Waals surface area contributed by atoms with Gasteiger partial charge in [-0.15, -0.1) is 0 Å². The van der Waals surface area contributed by atoms with Gasteiger partial charge in [0.2, 0.25) is 0 Å². The summed E-state index contributed by atoms with van der Waals surface area (Å²) in [6.07, 6.45) is 0. The number of benzene rings is 1. The predicted molar refractivity (Wildman–Crippen MR) is 57.2 cm³/mol. The fraction of sp³-hybridized carbons (Fsp3) is 0.400. The van der Waals surface area contributed by atoms with E-state index in [2.05, 4.69) is 6.92 Å². The topological polar surface area (TPSA) is 35.2 Å². The highest BCUT2D eigenvalue weighted by molar-refractivity contribution is 7.97. The van der Waals surface area contributed by atoms with Gasteiger partial charge < -0.3 is 4.74 Å². The van der Waals surface area contributed by atoms with Crippen LogP contribution in [0.1, 0.15) is 16.7 Å². The normalized spacial score (nSPS) is 10.2. The summed E-state index contributed by atoms with van der Waals surface area (Å²) in [5.41, 5.74) is 3.55. The highest BCUT2D eigenvalue weighted by Gasteiger charge is 2.09. The molecule has 1 rings (SSSR count). The highest BCUT2D eigenvalue weighted by Crippen LogP contribution is 2.31. The molecule has 0 fully saturated rings. The fourth-order valence-corrected chi connectivity index (χ4v) is 1.99. The lowest BCUT2D eigenvalue weighted by molar-refractivity contribution is 0.410. The summed E-state index contributed by atoms with van der Waals surface area (Å²) in [7, 11) is 1.69. The molecule has 0 saturated carbocycles. The molecule has 0 heterocycles. The number of nitrogens with two attached hydrogens (primary N) is 1. The second-order valence-corrected chi connectivity index (χ2v) is 3.74. The van der Waals surface area contributed by atoms with Gasteiger partial charge >= 0.3 is 0 Å². The van der Waals surface area contributed by atoms with Crippen molar-refractivity contribution in [3.63, 3.8) is 0 Å². The van der Waals surface area contributed by atoms with E-state index in [4.69, 9.17) is 9.88 Å². The van der Waals surface area contributed by atoms with Crippen LogP contribution >= 0.6 is 11.9 Å². The van der Waals surface area contributed by atoms with Crippen LogP contribution in [0.5, 0.6) is 5.75 Å². The maximum absolute atomic E-state index is 5.59. The molecule has 0 radical (unpaired) electrons. The lowest BCUT2D eigenvalue weighted by Gasteiger charge is -2.13. The number of aryl methyl sites for hydroxylation is 1. The minimum absolute atomic E-state index is 0.938. The molecule has 0 aliphatic heterocycles. The van der Waals surface area contributed by atoms with Gasteiger partial charge in [0.05, 0.1) is 7.11 Å². The van der Waals surface area contributed by atoms with Gasteiger partial charge in [-0.2, -0.15) is 0 Å². The second-order valence-electron chi connectivity index (χ2n) is 3.09. The first-order valence-corrected chi connectivity index (χ1v) is 5.01. The summed E-state index contributed by atoms with van der Waals surface area (Å²) >= 11 is 1.30. The van der Waals surface area contributed by atoms with Crippen molar-refractivity contribution in [1.29, 1.82) is 0 Å². The molecule has 1 aromatic rings. The number of hydrogen-bond acceptors (Lipinski definition) is 3. The molecule has 0 aliphatic rings. The van der Waals surface area contributed by atoms with Crippen molar-refractivity contribution in [2.45, 2.75) is 25.7 Å². The average Bonchev–Trinajstić information content (AvgIpc) is 2.12. The van der Waals surface area contributed by atoms with Crippen LogP contribution in [-0.2, 0) is 0 Å². The zero-order valence-electron chi connectivity index (χ0n) is 8.47. The maximum atomic E-state index is 5.59. The molecule has 0 atom stereocenters. The molecule has 0 aromatic heterocycles. The Morgan fingerprint density at radius 2 is 1.85 bits per heavy atom. The molecule has 0 aliphatic carbocycles. The molecule has 13 heavy (non-hydrogen) atoms. The van der Waals surface area contributed by atoms with Crippen LogP contribution in [0.25, 0.3) is 0 Å². The van der Waals surface area contributed by atoms with E-state index in [-0.39, 0.29) is 0 Å². The Labute approximate surface area is 83.6 Å². The van der Waals surface area contributed by atoms with Crippen molar-refractivity contribution in [3.8, 4) is 5.75 Å². The molecular weight excluding hydrogens is 182 g/mol. The molecule has 0 unspecified atom stereocenters. The first-order chi connectivity index (χ1) is 6.11. The summed E-state index contributed by atoms with van der Waals surface area (Å²) in [5, 5.41) is 5.59. The molecule has 2 N–H and O–H groups in total. The molecule has 0 amide bonds. The van der Waals surface area contributed by atoms with Gasteiger partial charge in [-0.05, 0) is 55.5 Å². The molecule has 1 aromatic carbocycles. The largest absolute Gasteiger partial charge is 0.496 e. The monoisotopic (exact) mass is 197 g/mol. The molecular formula is C10H15NOS. The Morgan fingerprint density at radius 3 is 2.31 bits per heavy atom. The third kappa shape index (κ3) is 1.81. The number of methoxy groups -OCH3 is 1. The van der Waals surface area contributed by atoms with Crippen LogP contribution in [0.15, 0.2) is 11.0 Å². The smallest absolute Gasteiger partial charge is 0.122 e. The Hall–Kier alpha value is -0.670. The van der Waals surface area contributed by atoms with Gasteiger partial charge in [-0.25, -0.2) is 0 Å². The van der Waals surface area contributed by atoms with Crippen LogP contribution < -0.4 is 9.88 Å². The van der Waals surface area contributed by atoms with Crippen molar-refractivity contribution in [1.82, 2.24) is 0 Å². The molecule has 0 spiro atoms. The lowest BCUT2D eigenvalue weighted by Crippen LogP contribution is -1.96. The van der Waals surface area contributed by atoms with E-state index in [9.17, 15) is 0 Å². The van der Waals surface area contributed by atoms with E-state index >= 15 is 0 Å². The molecule has 0 bridgehead atoms. The lowest BCUT2D eigenvalue weighted by atomic mass is 10.1. The molecule has 0 saturated heterocycles. The average molecular weight is 197 g/mol. The van der Waals surface area contributed by atoms with E-state index in [1.165, 1.54) is 28.6 Å². The van der Waals surface area contributed by atoms with E-state index in [1.54, 1.807) is 7.11 Å². The standard InChI is InChI=1S/C10H15NOS/c1-6-5-9(12-4)7(2)8(3)10(6)13-11/h5H,11H2,1-4H3. The summed E-state index contributed by atoms with van der Waals surface area (Å²) in [6, 6.07) is 2.03. The van der Waals surface area contributed by atoms with Crippen molar-refractivity contribution in [3.05, 3.63) is 22.8 Å². The van der Waals surface area contributed by atoms with E-state index < -0.39 is 0 Å². The van der Waals surface area contributed by atoms with Gasteiger partial charge in [0.1, 0.15) is 5.75 Å².